The average Bonchev–Trinajstić information content (AvgIpc) is 3.41. The highest BCUT2D eigenvalue weighted by atomic mass is 35.5. The molecule has 1 aliphatic heterocycles. The highest BCUT2D eigenvalue weighted by molar-refractivity contribution is 7.93. The molecule has 182 valence electrons. The van der Waals surface area contributed by atoms with Crippen LogP contribution in [0.2, 0.25) is 5.02 Å². The average molecular weight is 506 g/mol. The van der Waals surface area contributed by atoms with Gasteiger partial charge in [-0.2, -0.15) is 0 Å². The summed E-state index contributed by atoms with van der Waals surface area (Å²) >= 11 is 6.17. The van der Waals surface area contributed by atoms with Crippen molar-refractivity contribution in [1.29, 1.82) is 0 Å². The lowest BCUT2D eigenvalue weighted by atomic mass is 10.1. The van der Waals surface area contributed by atoms with Gasteiger partial charge in [0.1, 0.15) is 11.6 Å². The van der Waals surface area contributed by atoms with Crippen LogP contribution in [0.4, 0.5) is 10.1 Å². The number of aromatic nitrogens is 3. The van der Waals surface area contributed by atoms with Gasteiger partial charge in [0.05, 0.1) is 22.2 Å². The van der Waals surface area contributed by atoms with Crippen LogP contribution in [-0.2, 0) is 23.6 Å². The molecule has 0 amide bonds. The Labute approximate surface area is 205 Å². The Balaban J connectivity index is 1.89. The van der Waals surface area contributed by atoms with E-state index in [4.69, 9.17) is 11.6 Å². The number of halogens is 2. The zero-order valence-electron chi connectivity index (χ0n) is 19.8. The molecule has 3 aromatic rings. The lowest BCUT2D eigenvalue weighted by Gasteiger charge is -2.37. The van der Waals surface area contributed by atoms with Gasteiger partial charge >= 0.3 is 0 Å². The van der Waals surface area contributed by atoms with Crippen LogP contribution in [0.5, 0.6) is 0 Å². The largest absolute Gasteiger partial charge is 0.313 e. The number of nitrogens with zero attached hydrogens (tertiary/aromatic N) is 5. The minimum Gasteiger partial charge on any atom is -0.313 e. The van der Waals surface area contributed by atoms with E-state index in [0.717, 1.165) is 37.8 Å². The topological polar surface area (TPSA) is 71.3 Å². The summed E-state index contributed by atoms with van der Waals surface area (Å²) in [6.45, 7) is 7.93. The smallest absolute Gasteiger partial charge is 0.264 e. The summed E-state index contributed by atoms with van der Waals surface area (Å²) in [5.74, 6) is 0.456. The summed E-state index contributed by atoms with van der Waals surface area (Å²) in [5, 5.41) is 8.60. The van der Waals surface area contributed by atoms with E-state index in [-0.39, 0.29) is 15.6 Å². The lowest BCUT2D eigenvalue weighted by molar-refractivity contribution is 0.318. The Morgan fingerprint density at radius 3 is 2.35 bits per heavy atom. The van der Waals surface area contributed by atoms with Gasteiger partial charge in [-0.25, -0.2) is 12.8 Å². The Morgan fingerprint density at radius 2 is 1.74 bits per heavy atom. The second-order valence-electron chi connectivity index (χ2n) is 9.52. The molecule has 0 atom stereocenters. The van der Waals surface area contributed by atoms with Gasteiger partial charge < -0.3 is 4.57 Å². The number of sulfonamides is 1. The van der Waals surface area contributed by atoms with E-state index in [1.165, 1.54) is 22.5 Å². The van der Waals surface area contributed by atoms with Crippen molar-refractivity contribution in [2.75, 3.05) is 17.4 Å². The van der Waals surface area contributed by atoms with Crippen molar-refractivity contribution in [3.05, 3.63) is 59.1 Å². The van der Waals surface area contributed by atoms with Crippen molar-refractivity contribution in [3.63, 3.8) is 0 Å². The Hall–Kier alpha value is -2.49. The minimum atomic E-state index is -4.04. The number of anilines is 1. The monoisotopic (exact) mass is 505 g/mol. The van der Waals surface area contributed by atoms with Gasteiger partial charge in [0.15, 0.2) is 5.82 Å². The van der Waals surface area contributed by atoms with Crippen LogP contribution < -0.4 is 4.31 Å². The standard InChI is InChI=1S/C24H29ClFN5O2S/c1-24(2,3)31(34(32,33)17-10-6-5-7-11-17)21-15-20(26)19(25)14-18(21)23-28-27-22(29(23)4)16-30-12-8-9-13-30/h5-7,10-11,14-15H,8-9,12-13,16H2,1-4H3. The number of benzene rings is 2. The molecule has 1 aromatic heterocycles. The van der Waals surface area contributed by atoms with Gasteiger partial charge in [0.2, 0.25) is 0 Å². The Bertz CT molecular complexity index is 1280. The predicted octanol–water partition coefficient (Wildman–Crippen LogP) is 4.86. The molecule has 0 bridgehead atoms. The molecule has 2 heterocycles. The van der Waals surface area contributed by atoms with Crippen LogP contribution in [0.3, 0.4) is 0 Å². The van der Waals surface area contributed by atoms with E-state index in [9.17, 15) is 12.8 Å². The highest BCUT2D eigenvalue weighted by Crippen LogP contribution is 2.40. The number of hydrogen-bond donors (Lipinski definition) is 0. The molecule has 0 spiro atoms. The van der Waals surface area contributed by atoms with Crippen LogP contribution >= 0.6 is 11.6 Å². The summed E-state index contributed by atoms with van der Waals surface area (Å²) in [6, 6.07) is 10.7. The first-order valence-electron chi connectivity index (χ1n) is 11.2. The van der Waals surface area contributed by atoms with Crippen LogP contribution in [0, 0.1) is 5.82 Å². The number of rotatable bonds is 6. The quantitative estimate of drug-likeness (QED) is 0.478. The highest BCUT2D eigenvalue weighted by Gasteiger charge is 2.37. The molecule has 4 rings (SSSR count). The lowest BCUT2D eigenvalue weighted by Crippen LogP contribution is -2.46. The van der Waals surface area contributed by atoms with Crippen molar-refractivity contribution >= 4 is 27.3 Å². The van der Waals surface area contributed by atoms with E-state index in [1.807, 2.05) is 11.6 Å². The third-order valence-corrected chi connectivity index (χ3v) is 8.30. The van der Waals surface area contributed by atoms with E-state index >= 15 is 0 Å². The molecule has 0 radical (unpaired) electrons. The molecular weight excluding hydrogens is 477 g/mol. The van der Waals surface area contributed by atoms with Crippen molar-refractivity contribution in [1.82, 2.24) is 19.7 Å². The number of hydrogen-bond acceptors (Lipinski definition) is 5. The van der Waals surface area contributed by atoms with Crippen molar-refractivity contribution in [3.8, 4) is 11.4 Å². The molecule has 34 heavy (non-hydrogen) atoms. The number of likely N-dealkylation sites (tertiary alicyclic amines) is 1. The molecule has 0 aliphatic carbocycles. The van der Waals surface area contributed by atoms with Gasteiger partial charge in [-0.3, -0.25) is 9.21 Å². The van der Waals surface area contributed by atoms with Crippen molar-refractivity contribution in [2.45, 2.75) is 50.6 Å². The second kappa shape index (κ2) is 9.28. The first kappa shape index (κ1) is 24.6. The first-order chi connectivity index (χ1) is 16.0. The summed E-state index contributed by atoms with van der Waals surface area (Å²) < 4.78 is 45.4. The van der Waals surface area contributed by atoms with Crippen LogP contribution in [0.15, 0.2) is 47.4 Å². The van der Waals surface area contributed by atoms with Gasteiger partial charge in [-0.1, -0.05) is 29.8 Å². The predicted molar refractivity (Wildman–Crippen MR) is 132 cm³/mol. The fraction of sp³-hybridized carbons (Fsp3) is 0.417. The summed E-state index contributed by atoms with van der Waals surface area (Å²) in [5.41, 5.74) is -0.370. The summed E-state index contributed by atoms with van der Waals surface area (Å²) in [6.07, 6.45) is 2.31. The maximum Gasteiger partial charge on any atom is 0.264 e. The maximum atomic E-state index is 14.8. The zero-order valence-corrected chi connectivity index (χ0v) is 21.4. The fourth-order valence-electron chi connectivity index (χ4n) is 4.31. The zero-order chi connectivity index (χ0) is 24.7. The van der Waals surface area contributed by atoms with Gasteiger partial charge in [-0.15, -0.1) is 10.2 Å². The van der Waals surface area contributed by atoms with Crippen molar-refractivity contribution in [2.24, 2.45) is 7.05 Å². The molecular formula is C24H29ClFN5O2S. The third-order valence-electron chi connectivity index (χ3n) is 5.92. The van der Waals surface area contributed by atoms with Crippen LogP contribution in [0.1, 0.15) is 39.4 Å². The Kier molecular flexibility index (Phi) is 6.72. The minimum absolute atomic E-state index is 0.110. The molecule has 10 heteroatoms. The molecule has 0 saturated carbocycles. The molecule has 0 unspecified atom stereocenters. The normalized spacial score (nSPS) is 15.1. The molecule has 1 fully saturated rings. The van der Waals surface area contributed by atoms with Gasteiger partial charge in [-0.05, 0) is 64.9 Å². The molecule has 2 aromatic carbocycles. The summed E-state index contributed by atoms with van der Waals surface area (Å²) in [7, 11) is -2.21. The molecule has 7 nitrogen and oxygen atoms in total. The SMILES string of the molecule is Cn1c(CN2CCCC2)nnc1-c1cc(Cl)c(F)cc1N(C(C)(C)C)S(=O)(=O)c1ccccc1. The molecule has 1 saturated heterocycles. The van der Waals surface area contributed by atoms with Gasteiger partial charge in [0.25, 0.3) is 10.0 Å². The third kappa shape index (κ3) is 4.69. The first-order valence-corrected chi connectivity index (χ1v) is 13.0. The van der Waals surface area contributed by atoms with E-state index in [1.54, 1.807) is 39.0 Å². The maximum absolute atomic E-state index is 14.8. The summed E-state index contributed by atoms with van der Waals surface area (Å²) in [4.78, 5) is 2.41. The van der Waals surface area contributed by atoms with Crippen molar-refractivity contribution < 1.29 is 12.8 Å². The van der Waals surface area contributed by atoms with E-state index < -0.39 is 21.4 Å². The molecule has 0 N–H and O–H groups in total. The second-order valence-corrected chi connectivity index (χ2v) is 11.7. The molecule has 1 aliphatic rings. The van der Waals surface area contributed by atoms with Gasteiger partial charge in [0, 0.05) is 24.2 Å². The van der Waals surface area contributed by atoms with E-state index in [2.05, 4.69) is 15.1 Å². The Morgan fingerprint density at radius 1 is 1.09 bits per heavy atom. The fourth-order valence-corrected chi connectivity index (χ4v) is 6.31. The van der Waals surface area contributed by atoms with E-state index in [0.29, 0.717) is 17.9 Å². The van der Waals surface area contributed by atoms with Crippen LogP contribution in [-0.4, -0.2) is 46.7 Å². The van der Waals surface area contributed by atoms with Crippen LogP contribution in [0.25, 0.3) is 11.4 Å².